The molecule has 0 unspecified atom stereocenters. The van der Waals surface area contributed by atoms with Crippen molar-refractivity contribution in [3.63, 3.8) is 0 Å². The Kier molecular flexibility index (Phi) is 6.14. The molecule has 0 aliphatic heterocycles. The third-order valence-electron chi connectivity index (χ3n) is 2.33. The maximum Gasteiger partial charge on any atom is 0.337 e. The molecule has 0 bridgehead atoms. The van der Waals surface area contributed by atoms with E-state index < -0.39 is 16.0 Å². The standard InChI is InChI=1S/C11H12BrClN2O5S/c1-6(16)14-2-3-15-21(19,20)7-4-8(11(17)18)10(13)9(12)5-7/h4-5,15H,2-3H2,1H3,(H,14,16)(H,17,18). The Morgan fingerprint density at radius 2 is 1.95 bits per heavy atom. The molecule has 0 aromatic heterocycles. The minimum Gasteiger partial charge on any atom is -0.478 e. The predicted molar refractivity (Wildman–Crippen MR) is 80.0 cm³/mol. The number of carboxylic acids is 1. The first-order valence-corrected chi connectivity index (χ1v) is 8.27. The van der Waals surface area contributed by atoms with Crippen LogP contribution in [0.5, 0.6) is 0 Å². The molecule has 0 heterocycles. The first kappa shape index (κ1) is 17.9. The SMILES string of the molecule is CC(=O)NCCNS(=O)(=O)c1cc(Br)c(Cl)c(C(=O)O)c1. The van der Waals surface area contributed by atoms with Gasteiger partial charge in [0, 0.05) is 24.5 Å². The van der Waals surface area contributed by atoms with Gasteiger partial charge in [0.2, 0.25) is 15.9 Å². The monoisotopic (exact) mass is 398 g/mol. The Bertz CT molecular complexity index is 677. The van der Waals surface area contributed by atoms with Crippen LogP contribution in [-0.4, -0.2) is 38.5 Å². The average molecular weight is 400 g/mol. The Labute approximate surface area is 134 Å². The maximum absolute atomic E-state index is 12.0. The van der Waals surface area contributed by atoms with Gasteiger partial charge in [-0.2, -0.15) is 0 Å². The van der Waals surface area contributed by atoms with Crippen LogP contribution in [0, 0.1) is 0 Å². The van der Waals surface area contributed by atoms with Gasteiger partial charge in [0.25, 0.3) is 0 Å². The second-order valence-electron chi connectivity index (χ2n) is 3.95. The van der Waals surface area contributed by atoms with E-state index in [1.807, 2.05) is 0 Å². The van der Waals surface area contributed by atoms with Crippen molar-refractivity contribution in [3.05, 3.63) is 27.2 Å². The van der Waals surface area contributed by atoms with Gasteiger partial charge in [0.05, 0.1) is 15.5 Å². The molecule has 10 heteroatoms. The van der Waals surface area contributed by atoms with Gasteiger partial charge in [-0.1, -0.05) is 11.6 Å². The van der Waals surface area contributed by atoms with Crippen molar-refractivity contribution in [3.8, 4) is 0 Å². The number of sulfonamides is 1. The van der Waals surface area contributed by atoms with Crippen LogP contribution in [-0.2, 0) is 14.8 Å². The van der Waals surface area contributed by atoms with Gasteiger partial charge >= 0.3 is 5.97 Å². The summed E-state index contributed by atoms with van der Waals surface area (Å²) >= 11 is 8.80. The highest BCUT2D eigenvalue weighted by Crippen LogP contribution is 2.29. The molecule has 1 amide bonds. The molecular weight excluding hydrogens is 388 g/mol. The number of hydrogen-bond donors (Lipinski definition) is 3. The number of carbonyl (C=O) groups excluding carboxylic acids is 1. The lowest BCUT2D eigenvalue weighted by Gasteiger charge is -2.10. The molecule has 0 radical (unpaired) electrons. The minimum atomic E-state index is -3.91. The molecule has 3 N–H and O–H groups in total. The van der Waals surface area contributed by atoms with Gasteiger partial charge in [-0.25, -0.2) is 17.9 Å². The molecule has 1 aromatic rings. The second kappa shape index (κ2) is 7.21. The number of halogens is 2. The number of hydrogen-bond acceptors (Lipinski definition) is 4. The van der Waals surface area contributed by atoms with Crippen molar-refractivity contribution in [1.82, 2.24) is 10.0 Å². The summed E-state index contributed by atoms with van der Waals surface area (Å²) in [5, 5.41) is 11.3. The fourth-order valence-corrected chi connectivity index (χ4v) is 3.27. The van der Waals surface area contributed by atoms with E-state index in [1.54, 1.807) is 0 Å². The molecule has 0 saturated heterocycles. The zero-order valence-electron chi connectivity index (χ0n) is 10.8. The third kappa shape index (κ3) is 4.95. The second-order valence-corrected chi connectivity index (χ2v) is 6.95. The number of benzene rings is 1. The Morgan fingerprint density at radius 3 is 2.48 bits per heavy atom. The van der Waals surface area contributed by atoms with Crippen LogP contribution in [0.3, 0.4) is 0 Å². The predicted octanol–water partition coefficient (Wildman–Crippen LogP) is 1.22. The fourth-order valence-electron chi connectivity index (χ4n) is 1.38. The molecule has 0 saturated carbocycles. The zero-order valence-corrected chi connectivity index (χ0v) is 14.0. The molecule has 7 nitrogen and oxygen atoms in total. The Balaban J connectivity index is 2.98. The number of carboxylic acid groups (broad SMARTS) is 1. The summed E-state index contributed by atoms with van der Waals surface area (Å²) in [5.41, 5.74) is -0.326. The third-order valence-corrected chi connectivity index (χ3v) is 5.03. The van der Waals surface area contributed by atoms with E-state index in [4.69, 9.17) is 16.7 Å². The van der Waals surface area contributed by atoms with Crippen LogP contribution in [0.2, 0.25) is 5.02 Å². The molecule has 0 aliphatic rings. The zero-order chi connectivity index (χ0) is 16.2. The van der Waals surface area contributed by atoms with Gasteiger partial charge in [-0.15, -0.1) is 0 Å². The van der Waals surface area contributed by atoms with E-state index in [0.717, 1.165) is 6.07 Å². The summed E-state index contributed by atoms with van der Waals surface area (Å²) in [6, 6.07) is 2.17. The first-order valence-electron chi connectivity index (χ1n) is 5.61. The highest BCUT2D eigenvalue weighted by atomic mass is 79.9. The number of nitrogens with one attached hydrogen (secondary N) is 2. The summed E-state index contributed by atoms with van der Waals surface area (Å²) in [4.78, 5) is 21.4. The Hall–Kier alpha value is -1.16. The summed E-state index contributed by atoms with van der Waals surface area (Å²) < 4.78 is 26.5. The molecule has 21 heavy (non-hydrogen) atoms. The van der Waals surface area contributed by atoms with Crippen LogP contribution in [0.1, 0.15) is 17.3 Å². The highest BCUT2D eigenvalue weighted by molar-refractivity contribution is 9.10. The molecule has 116 valence electrons. The van der Waals surface area contributed by atoms with Crippen LogP contribution in [0.25, 0.3) is 0 Å². The molecule has 0 aliphatic carbocycles. The van der Waals surface area contributed by atoms with Crippen molar-refractivity contribution in [2.24, 2.45) is 0 Å². The normalized spacial score (nSPS) is 11.2. The van der Waals surface area contributed by atoms with Gasteiger partial charge in [-0.3, -0.25) is 4.79 Å². The molecule has 0 fully saturated rings. The Morgan fingerprint density at radius 1 is 1.33 bits per heavy atom. The first-order chi connectivity index (χ1) is 9.65. The van der Waals surface area contributed by atoms with Crippen molar-refractivity contribution in [2.45, 2.75) is 11.8 Å². The maximum atomic E-state index is 12.0. The number of carbonyl (C=O) groups is 2. The van der Waals surface area contributed by atoms with Crippen LogP contribution < -0.4 is 10.0 Å². The summed E-state index contributed by atoms with van der Waals surface area (Å²) in [7, 11) is -3.91. The lowest BCUT2D eigenvalue weighted by Crippen LogP contribution is -2.33. The minimum absolute atomic E-state index is 0.0233. The van der Waals surface area contributed by atoms with E-state index >= 15 is 0 Å². The van der Waals surface area contributed by atoms with Gasteiger partial charge in [-0.05, 0) is 28.1 Å². The van der Waals surface area contributed by atoms with Gasteiger partial charge in [0.1, 0.15) is 0 Å². The average Bonchev–Trinajstić information content (AvgIpc) is 2.37. The van der Waals surface area contributed by atoms with E-state index in [9.17, 15) is 18.0 Å². The molecule has 1 aromatic carbocycles. The number of aromatic carboxylic acids is 1. The fraction of sp³-hybridized carbons (Fsp3) is 0.273. The quantitative estimate of drug-likeness (QED) is 0.623. The smallest absolute Gasteiger partial charge is 0.337 e. The van der Waals surface area contributed by atoms with Gasteiger partial charge in [0.15, 0.2) is 0 Å². The van der Waals surface area contributed by atoms with E-state index in [0.29, 0.717) is 0 Å². The van der Waals surface area contributed by atoms with Crippen molar-refractivity contribution >= 4 is 49.4 Å². The lowest BCUT2D eigenvalue weighted by atomic mass is 10.2. The lowest BCUT2D eigenvalue weighted by molar-refractivity contribution is -0.118. The van der Waals surface area contributed by atoms with E-state index in [-0.39, 0.29) is 39.0 Å². The van der Waals surface area contributed by atoms with Crippen molar-refractivity contribution in [1.29, 1.82) is 0 Å². The van der Waals surface area contributed by atoms with Crippen LogP contribution in [0.15, 0.2) is 21.5 Å². The van der Waals surface area contributed by atoms with Crippen molar-refractivity contribution < 1.29 is 23.1 Å². The number of amides is 1. The van der Waals surface area contributed by atoms with Crippen molar-refractivity contribution in [2.75, 3.05) is 13.1 Å². The summed E-state index contributed by atoms with van der Waals surface area (Å²) in [6.07, 6.45) is 0. The van der Waals surface area contributed by atoms with Crippen LogP contribution in [0.4, 0.5) is 0 Å². The molecule has 1 rings (SSSR count). The highest BCUT2D eigenvalue weighted by Gasteiger charge is 2.20. The molecular formula is C11H12BrClN2O5S. The topological polar surface area (TPSA) is 113 Å². The van der Waals surface area contributed by atoms with Gasteiger partial charge < -0.3 is 10.4 Å². The van der Waals surface area contributed by atoms with Crippen LogP contribution >= 0.6 is 27.5 Å². The summed E-state index contributed by atoms with van der Waals surface area (Å²) in [5.74, 6) is -1.62. The largest absolute Gasteiger partial charge is 0.478 e. The number of rotatable bonds is 6. The molecule has 0 spiro atoms. The molecule has 0 atom stereocenters. The van der Waals surface area contributed by atoms with E-state index in [1.165, 1.54) is 13.0 Å². The summed E-state index contributed by atoms with van der Waals surface area (Å²) in [6.45, 7) is 1.41. The van der Waals surface area contributed by atoms with E-state index in [2.05, 4.69) is 26.0 Å².